The molecule has 150 valence electrons. The average Bonchev–Trinajstić information content (AvgIpc) is 2.73. The molecule has 0 aliphatic carbocycles. The first-order valence-corrected chi connectivity index (χ1v) is 10.0. The van der Waals surface area contributed by atoms with E-state index >= 15 is 0 Å². The lowest BCUT2D eigenvalue weighted by Crippen LogP contribution is -2.40. The van der Waals surface area contributed by atoms with Gasteiger partial charge in [-0.25, -0.2) is 17.6 Å². The van der Waals surface area contributed by atoms with E-state index in [0.29, 0.717) is 18.8 Å². The van der Waals surface area contributed by atoms with Crippen LogP contribution in [0.3, 0.4) is 0 Å². The van der Waals surface area contributed by atoms with Crippen LogP contribution in [0.2, 0.25) is 0 Å². The number of methoxy groups -OCH3 is 1. The Kier molecular flexibility index (Phi) is 6.28. The average molecular weight is 409 g/mol. The van der Waals surface area contributed by atoms with Crippen LogP contribution in [0.1, 0.15) is 15.9 Å². The molecule has 3 rings (SSSR count). The van der Waals surface area contributed by atoms with Crippen molar-refractivity contribution < 1.29 is 31.8 Å². The predicted molar refractivity (Wildman–Crippen MR) is 98.1 cm³/mol. The maximum Gasteiger partial charge on any atom is 0.338 e. The van der Waals surface area contributed by atoms with Gasteiger partial charge in [0.1, 0.15) is 23.1 Å². The van der Waals surface area contributed by atoms with Gasteiger partial charge in [-0.1, -0.05) is 12.1 Å². The maximum absolute atomic E-state index is 13.0. The van der Waals surface area contributed by atoms with Crippen molar-refractivity contribution in [1.29, 1.82) is 0 Å². The number of carbonyl (C=O) groups excluding carboxylic acids is 1. The fourth-order valence-electron chi connectivity index (χ4n) is 2.74. The predicted octanol–water partition coefficient (Wildman–Crippen LogP) is 2.21. The number of halogens is 1. The minimum absolute atomic E-state index is 0.0588. The third-order valence-electron chi connectivity index (χ3n) is 4.27. The lowest BCUT2D eigenvalue weighted by molar-refractivity contribution is 0.0472. The molecule has 0 unspecified atom stereocenters. The molecule has 0 radical (unpaired) electrons. The van der Waals surface area contributed by atoms with Gasteiger partial charge < -0.3 is 14.2 Å². The monoisotopic (exact) mass is 409 g/mol. The molecule has 0 spiro atoms. The second-order valence-corrected chi connectivity index (χ2v) is 7.99. The molecule has 1 aliphatic rings. The molecule has 2 aromatic rings. The molecule has 9 heteroatoms. The number of benzene rings is 2. The fraction of sp³-hybridized carbons (Fsp3) is 0.316. The van der Waals surface area contributed by atoms with Gasteiger partial charge in [0.15, 0.2) is 0 Å². The summed E-state index contributed by atoms with van der Waals surface area (Å²) in [5, 5.41) is 0. The van der Waals surface area contributed by atoms with Crippen LogP contribution in [-0.2, 0) is 26.1 Å². The molecule has 0 bridgehead atoms. The number of morpholine rings is 1. The van der Waals surface area contributed by atoms with E-state index in [0.717, 1.165) is 0 Å². The molecule has 1 saturated heterocycles. The molecule has 0 N–H and O–H groups in total. The Morgan fingerprint density at radius 2 is 1.82 bits per heavy atom. The van der Waals surface area contributed by atoms with Gasteiger partial charge in [-0.2, -0.15) is 4.31 Å². The van der Waals surface area contributed by atoms with Crippen LogP contribution < -0.4 is 4.74 Å². The van der Waals surface area contributed by atoms with Crippen molar-refractivity contribution in [2.24, 2.45) is 0 Å². The van der Waals surface area contributed by atoms with Gasteiger partial charge in [0.05, 0.1) is 25.9 Å². The first-order valence-electron chi connectivity index (χ1n) is 8.59. The van der Waals surface area contributed by atoms with Crippen molar-refractivity contribution in [1.82, 2.24) is 4.31 Å². The molecular weight excluding hydrogens is 389 g/mol. The van der Waals surface area contributed by atoms with Gasteiger partial charge in [0, 0.05) is 13.1 Å². The van der Waals surface area contributed by atoms with Gasteiger partial charge in [0.2, 0.25) is 10.0 Å². The summed E-state index contributed by atoms with van der Waals surface area (Å²) >= 11 is 0. The summed E-state index contributed by atoms with van der Waals surface area (Å²) in [4.78, 5) is 12.3. The van der Waals surface area contributed by atoms with E-state index < -0.39 is 16.0 Å². The van der Waals surface area contributed by atoms with E-state index in [2.05, 4.69) is 0 Å². The van der Waals surface area contributed by atoms with Crippen LogP contribution in [0.25, 0.3) is 0 Å². The molecule has 1 fully saturated rings. The normalized spacial score (nSPS) is 15.2. The van der Waals surface area contributed by atoms with E-state index in [1.165, 1.54) is 53.9 Å². The smallest absolute Gasteiger partial charge is 0.338 e. The number of carbonyl (C=O) groups is 1. The Bertz CT molecular complexity index is 939. The lowest BCUT2D eigenvalue weighted by Gasteiger charge is -2.26. The van der Waals surface area contributed by atoms with Crippen molar-refractivity contribution in [3.63, 3.8) is 0 Å². The molecule has 2 aromatic carbocycles. The molecule has 7 nitrogen and oxygen atoms in total. The Hall–Kier alpha value is -2.49. The molecule has 28 heavy (non-hydrogen) atoms. The molecule has 1 aliphatic heterocycles. The third kappa shape index (κ3) is 4.49. The highest BCUT2D eigenvalue weighted by Gasteiger charge is 2.30. The van der Waals surface area contributed by atoms with Gasteiger partial charge >= 0.3 is 5.97 Å². The van der Waals surface area contributed by atoms with Crippen molar-refractivity contribution in [3.05, 3.63) is 59.4 Å². The van der Waals surface area contributed by atoms with E-state index in [1.54, 1.807) is 0 Å². The number of hydrogen-bond donors (Lipinski definition) is 0. The Morgan fingerprint density at radius 3 is 2.46 bits per heavy atom. The Balaban J connectivity index is 1.81. The second-order valence-electron chi connectivity index (χ2n) is 6.08. The van der Waals surface area contributed by atoms with Crippen molar-refractivity contribution in [2.75, 3.05) is 33.4 Å². The van der Waals surface area contributed by atoms with E-state index in [1.807, 2.05) is 0 Å². The quantitative estimate of drug-likeness (QED) is 0.681. The van der Waals surface area contributed by atoms with Crippen LogP contribution in [0.4, 0.5) is 4.39 Å². The van der Waals surface area contributed by atoms with Crippen LogP contribution in [-0.4, -0.2) is 52.1 Å². The zero-order valence-electron chi connectivity index (χ0n) is 15.3. The van der Waals surface area contributed by atoms with E-state index in [9.17, 15) is 17.6 Å². The van der Waals surface area contributed by atoms with Gasteiger partial charge in [0.25, 0.3) is 0 Å². The van der Waals surface area contributed by atoms with Gasteiger partial charge in [-0.3, -0.25) is 0 Å². The summed E-state index contributed by atoms with van der Waals surface area (Å²) in [6, 6.07) is 9.64. The highest BCUT2D eigenvalue weighted by atomic mass is 32.2. The van der Waals surface area contributed by atoms with Crippen LogP contribution in [0.5, 0.6) is 5.75 Å². The number of hydrogen-bond acceptors (Lipinski definition) is 6. The number of nitrogens with zero attached hydrogens (tertiary/aromatic N) is 1. The standard InChI is InChI=1S/C19H20FNO6S/c1-25-17-7-4-15(19(22)27-13-14-2-5-16(20)6-3-14)12-18(17)28(23,24)21-8-10-26-11-9-21/h2-7,12H,8-11,13H2,1H3. The number of rotatable bonds is 6. The van der Waals surface area contributed by atoms with Gasteiger partial charge in [-0.15, -0.1) is 0 Å². The first kappa shape index (κ1) is 20.2. The second kappa shape index (κ2) is 8.68. The van der Waals surface area contributed by atoms with Crippen LogP contribution in [0.15, 0.2) is 47.4 Å². The SMILES string of the molecule is COc1ccc(C(=O)OCc2ccc(F)cc2)cc1S(=O)(=O)N1CCOCC1. The first-order chi connectivity index (χ1) is 13.4. The fourth-order valence-corrected chi connectivity index (χ4v) is 4.33. The number of ether oxygens (including phenoxy) is 3. The Labute approximate surface area is 162 Å². The number of esters is 1. The third-order valence-corrected chi connectivity index (χ3v) is 6.19. The summed E-state index contributed by atoms with van der Waals surface area (Å²) in [6.07, 6.45) is 0. The zero-order valence-corrected chi connectivity index (χ0v) is 16.1. The minimum atomic E-state index is -3.85. The topological polar surface area (TPSA) is 82.1 Å². The van der Waals surface area contributed by atoms with Crippen LogP contribution >= 0.6 is 0 Å². The summed E-state index contributed by atoms with van der Waals surface area (Å²) in [5.41, 5.74) is 0.694. The van der Waals surface area contributed by atoms with Crippen molar-refractivity contribution in [3.8, 4) is 5.75 Å². The summed E-state index contributed by atoms with van der Waals surface area (Å²) in [6.45, 7) is 1.01. The minimum Gasteiger partial charge on any atom is -0.495 e. The number of sulfonamides is 1. The zero-order chi connectivity index (χ0) is 20.1. The summed E-state index contributed by atoms with van der Waals surface area (Å²) in [5.74, 6) is -0.935. The van der Waals surface area contributed by atoms with E-state index in [4.69, 9.17) is 14.2 Å². The van der Waals surface area contributed by atoms with E-state index in [-0.39, 0.29) is 41.7 Å². The largest absolute Gasteiger partial charge is 0.495 e. The Morgan fingerprint density at radius 1 is 1.14 bits per heavy atom. The summed E-state index contributed by atoms with van der Waals surface area (Å²) < 4.78 is 55.7. The molecular formula is C19H20FNO6S. The maximum atomic E-state index is 13.0. The molecule has 0 atom stereocenters. The molecule has 1 heterocycles. The van der Waals surface area contributed by atoms with Crippen molar-refractivity contribution >= 4 is 16.0 Å². The highest BCUT2D eigenvalue weighted by molar-refractivity contribution is 7.89. The van der Waals surface area contributed by atoms with Gasteiger partial charge in [-0.05, 0) is 35.9 Å². The highest BCUT2D eigenvalue weighted by Crippen LogP contribution is 2.28. The molecule has 0 amide bonds. The van der Waals surface area contributed by atoms with Crippen molar-refractivity contribution in [2.45, 2.75) is 11.5 Å². The van der Waals surface area contributed by atoms with Crippen LogP contribution in [0, 0.1) is 5.82 Å². The summed E-state index contributed by atoms with van der Waals surface area (Å²) in [7, 11) is -2.49. The molecule has 0 saturated carbocycles. The molecule has 0 aromatic heterocycles. The lowest BCUT2D eigenvalue weighted by atomic mass is 10.2.